The fourth-order valence-corrected chi connectivity index (χ4v) is 1.95. The van der Waals surface area contributed by atoms with Crippen molar-refractivity contribution in [2.45, 2.75) is 32.2 Å². The van der Waals surface area contributed by atoms with Gasteiger partial charge in [0.15, 0.2) is 0 Å². The Morgan fingerprint density at radius 2 is 2.33 bits per heavy atom. The van der Waals surface area contributed by atoms with Crippen molar-refractivity contribution in [3.8, 4) is 0 Å². The number of hydrogen-bond acceptors (Lipinski definition) is 2. The summed E-state index contributed by atoms with van der Waals surface area (Å²) in [6, 6.07) is 5.58. The van der Waals surface area contributed by atoms with Crippen LogP contribution in [0.2, 0.25) is 0 Å². The Balaban J connectivity index is 2.07. The van der Waals surface area contributed by atoms with Crippen molar-refractivity contribution in [2.75, 3.05) is 17.2 Å². The summed E-state index contributed by atoms with van der Waals surface area (Å²) in [4.78, 5) is 0. The van der Waals surface area contributed by atoms with Gasteiger partial charge in [0, 0.05) is 12.6 Å². The topological polar surface area (TPSA) is 24.1 Å². The predicted octanol–water partition coefficient (Wildman–Crippen LogP) is 3.22. The summed E-state index contributed by atoms with van der Waals surface area (Å²) in [5, 5.41) is 6.52. The maximum Gasteiger partial charge on any atom is 0.148 e. The van der Waals surface area contributed by atoms with Crippen molar-refractivity contribution < 1.29 is 4.39 Å². The van der Waals surface area contributed by atoms with E-state index in [9.17, 15) is 4.39 Å². The van der Waals surface area contributed by atoms with Gasteiger partial charge in [0.25, 0.3) is 0 Å². The second kappa shape index (κ2) is 4.51. The lowest BCUT2D eigenvalue weighted by molar-refractivity contribution is 0.601. The Kier molecular flexibility index (Phi) is 3.09. The molecule has 2 N–H and O–H groups in total. The number of nitrogens with one attached hydrogen (secondary N) is 2. The van der Waals surface area contributed by atoms with Crippen LogP contribution in [0.25, 0.3) is 0 Å². The third-order valence-electron chi connectivity index (χ3n) is 2.80. The average molecular weight is 208 g/mol. The minimum absolute atomic E-state index is 0.172. The van der Waals surface area contributed by atoms with Gasteiger partial charge in [0.2, 0.25) is 0 Å². The van der Waals surface area contributed by atoms with Crippen molar-refractivity contribution in [2.24, 2.45) is 0 Å². The zero-order valence-electron chi connectivity index (χ0n) is 9.02. The van der Waals surface area contributed by atoms with Crippen LogP contribution in [0.1, 0.15) is 26.2 Å². The van der Waals surface area contributed by atoms with Gasteiger partial charge in [-0.2, -0.15) is 0 Å². The van der Waals surface area contributed by atoms with Gasteiger partial charge in [0.05, 0.1) is 11.4 Å². The third-order valence-corrected chi connectivity index (χ3v) is 2.80. The molecule has 0 amide bonds. The number of anilines is 2. The summed E-state index contributed by atoms with van der Waals surface area (Å²) in [7, 11) is 0. The number of para-hydroxylation sites is 1. The summed E-state index contributed by atoms with van der Waals surface area (Å²) in [5.74, 6) is -0.172. The molecule has 15 heavy (non-hydrogen) atoms. The third kappa shape index (κ3) is 2.22. The molecular weight excluding hydrogens is 191 g/mol. The van der Waals surface area contributed by atoms with Crippen LogP contribution in [-0.2, 0) is 0 Å². The minimum atomic E-state index is -0.172. The van der Waals surface area contributed by atoms with Gasteiger partial charge in [-0.25, -0.2) is 4.39 Å². The minimum Gasteiger partial charge on any atom is -0.379 e. The Labute approximate surface area is 89.9 Å². The second-order valence-corrected chi connectivity index (χ2v) is 4.03. The zero-order chi connectivity index (χ0) is 10.7. The van der Waals surface area contributed by atoms with E-state index in [0.29, 0.717) is 11.7 Å². The molecule has 1 atom stereocenters. The van der Waals surface area contributed by atoms with Crippen LogP contribution < -0.4 is 10.6 Å². The Morgan fingerprint density at radius 3 is 3.13 bits per heavy atom. The lowest BCUT2D eigenvalue weighted by Gasteiger charge is -2.28. The van der Waals surface area contributed by atoms with E-state index in [-0.39, 0.29) is 5.82 Å². The van der Waals surface area contributed by atoms with Gasteiger partial charge < -0.3 is 10.6 Å². The molecule has 0 saturated carbocycles. The maximum absolute atomic E-state index is 13.3. The van der Waals surface area contributed by atoms with Crippen molar-refractivity contribution >= 4 is 11.4 Å². The number of hydrogen-bond donors (Lipinski definition) is 2. The van der Waals surface area contributed by atoms with Crippen molar-refractivity contribution in [3.05, 3.63) is 24.0 Å². The van der Waals surface area contributed by atoms with E-state index in [4.69, 9.17) is 0 Å². The highest BCUT2D eigenvalue weighted by Gasteiger charge is 2.18. The summed E-state index contributed by atoms with van der Waals surface area (Å²) < 4.78 is 13.3. The molecule has 0 radical (unpaired) electrons. The van der Waals surface area contributed by atoms with E-state index in [1.807, 2.05) is 6.07 Å². The Morgan fingerprint density at radius 1 is 1.47 bits per heavy atom. The van der Waals surface area contributed by atoms with E-state index in [1.54, 1.807) is 6.07 Å². The molecule has 0 spiro atoms. The fraction of sp³-hybridized carbons (Fsp3) is 0.500. The lowest BCUT2D eigenvalue weighted by Crippen LogP contribution is -2.33. The Bertz CT molecular complexity index is 338. The number of halogens is 1. The van der Waals surface area contributed by atoms with Crippen molar-refractivity contribution in [3.63, 3.8) is 0 Å². The van der Waals surface area contributed by atoms with E-state index < -0.39 is 0 Å². The molecule has 2 nitrogen and oxygen atoms in total. The highest BCUT2D eigenvalue weighted by atomic mass is 19.1. The fourth-order valence-electron chi connectivity index (χ4n) is 1.95. The molecule has 0 bridgehead atoms. The molecule has 3 heteroatoms. The van der Waals surface area contributed by atoms with E-state index in [0.717, 1.165) is 18.7 Å². The van der Waals surface area contributed by atoms with Crippen LogP contribution in [-0.4, -0.2) is 12.6 Å². The predicted molar refractivity (Wildman–Crippen MR) is 61.8 cm³/mol. The molecule has 1 unspecified atom stereocenters. The number of benzene rings is 1. The second-order valence-electron chi connectivity index (χ2n) is 4.03. The molecule has 2 rings (SSSR count). The normalized spacial score (nSPS) is 18.9. The molecule has 0 saturated heterocycles. The molecule has 1 aliphatic rings. The van der Waals surface area contributed by atoms with Gasteiger partial charge in [-0.05, 0) is 18.6 Å². The summed E-state index contributed by atoms with van der Waals surface area (Å²) >= 11 is 0. The number of unbranched alkanes of at least 4 members (excludes halogenated alkanes) is 1. The highest BCUT2D eigenvalue weighted by molar-refractivity contribution is 5.71. The van der Waals surface area contributed by atoms with Gasteiger partial charge in [-0.15, -0.1) is 0 Å². The smallest absolute Gasteiger partial charge is 0.148 e. The van der Waals surface area contributed by atoms with Crippen LogP contribution in [0, 0.1) is 5.82 Å². The molecule has 1 aromatic carbocycles. The first-order valence-corrected chi connectivity index (χ1v) is 5.60. The van der Waals surface area contributed by atoms with Gasteiger partial charge in [-0.3, -0.25) is 0 Å². The molecule has 1 aromatic rings. The van der Waals surface area contributed by atoms with Crippen LogP contribution in [0.15, 0.2) is 18.2 Å². The van der Waals surface area contributed by atoms with E-state index >= 15 is 0 Å². The number of fused-ring (bicyclic) bond motifs is 1. The summed E-state index contributed by atoms with van der Waals surface area (Å²) in [5.41, 5.74) is 1.51. The van der Waals surface area contributed by atoms with Gasteiger partial charge in [0.1, 0.15) is 5.82 Å². The van der Waals surface area contributed by atoms with Crippen LogP contribution in [0.3, 0.4) is 0 Å². The highest BCUT2D eigenvalue weighted by Crippen LogP contribution is 2.29. The van der Waals surface area contributed by atoms with Crippen LogP contribution >= 0.6 is 0 Å². The van der Waals surface area contributed by atoms with E-state index in [1.165, 1.54) is 18.9 Å². The SMILES string of the molecule is CCCCC1CNc2c(F)cccc2N1. The van der Waals surface area contributed by atoms with Gasteiger partial charge >= 0.3 is 0 Å². The van der Waals surface area contributed by atoms with E-state index in [2.05, 4.69) is 17.6 Å². The molecule has 82 valence electrons. The zero-order valence-corrected chi connectivity index (χ0v) is 9.02. The van der Waals surface area contributed by atoms with Crippen LogP contribution in [0.5, 0.6) is 0 Å². The molecule has 1 heterocycles. The first-order valence-electron chi connectivity index (χ1n) is 5.60. The molecule has 0 aromatic heterocycles. The largest absolute Gasteiger partial charge is 0.379 e. The molecule has 0 fully saturated rings. The molecule has 1 aliphatic heterocycles. The van der Waals surface area contributed by atoms with Gasteiger partial charge in [-0.1, -0.05) is 25.8 Å². The first-order chi connectivity index (χ1) is 7.31. The quantitative estimate of drug-likeness (QED) is 0.797. The molecular formula is C12H17FN2. The average Bonchev–Trinajstić information content (AvgIpc) is 2.26. The summed E-state index contributed by atoms with van der Waals surface area (Å²) in [6.07, 6.45) is 3.55. The summed E-state index contributed by atoms with van der Waals surface area (Å²) in [6.45, 7) is 3.00. The van der Waals surface area contributed by atoms with Crippen molar-refractivity contribution in [1.82, 2.24) is 0 Å². The maximum atomic E-state index is 13.3. The van der Waals surface area contributed by atoms with Crippen LogP contribution in [0.4, 0.5) is 15.8 Å². The first kappa shape index (κ1) is 10.3. The lowest BCUT2D eigenvalue weighted by atomic mass is 10.1. The molecule has 0 aliphatic carbocycles. The number of rotatable bonds is 3. The Hall–Kier alpha value is -1.25. The standard InChI is InChI=1S/C12H17FN2/c1-2-3-5-9-8-14-12-10(13)6-4-7-11(12)15-9/h4,6-7,9,14-15H,2-3,5,8H2,1H3. The van der Waals surface area contributed by atoms with Crippen molar-refractivity contribution in [1.29, 1.82) is 0 Å². The monoisotopic (exact) mass is 208 g/mol.